The van der Waals surface area contributed by atoms with Gasteiger partial charge in [0.2, 0.25) is 0 Å². The van der Waals surface area contributed by atoms with Crippen LogP contribution in [0.4, 0.5) is 0 Å². The molecule has 1 aromatic carbocycles. The van der Waals surface area contributed by atoms with Gasteiger partial charge in [0.1, 0.15) is 5.75 Å². The van der Waals surface area contributed by atoms with Crippen LogP contribution in [0.15, 0.2) is 24.3 Å². The van der Waals surface area contributed by atoms with Gasteiger partial charge in [-0.25, -0.2) is 4.79 Å². The minimum absolute atomic E-state index is 0.319. The van der Waals surface area contributed by atoms with Gasteiger partial charge in [0.25, 0.3) is 0 Å². The normalized spacial score (nSPS) is 11.9. The smallest absolute Gasteiger partial charge is 0.386 e. The van der Waals surface area contributed by atoms with Crippen LogP contribution in [0.25, 0.3) is 0 Å². The maximum atomic E-state index is 11.2. The molecule has 0 aliphatic heterocycles. The molecule has 1 atom stereocenters. The molecule has 15 heavy (non-hydrogen) atoms. The molecule has 0 aromatic heterocycles. The maximum Gasteiger partial charge on any atom is 0.386 e. The summed E-state index contributed by atoms with van der Waals surface area (Å²) in [5.41, 5.74) is 1.03. The highest BCUT2D eigenvalue weighted by molar-refractivity contribution is 5.76. The molecule has 1 unspecified atom stereocenters. The minimum atomic E-state index is -1.34. The van der Waals surface area contributed by atoms with Crippen LogP contribution in [0.5, 0.6) is 5.75 Å². The number of rotatable bonds is 3. The van der Waals surface area contributed by atoms with Crippen molar-refractivity contribution in [2.45, 2.75) is 19.9 Å². The lowest BCUT2D eigenvalue weighted by Gasteiger charge is -2.05. The molecule has 0 saturated heterocycles. The van der Waals surface area contributed by atoms with Crippen LogP contribution >= 0.6 is 0 Å². The Balaban J connectivity index is 2.66. The molecule has 5 nitrogen and oxygen atoms in total. The first-order valence-corrected chi connectivity index (χ1v) is 4.42. The molecule has 1 rings (SSSR count). The summed E-state index contributed by atoms with van der Waals surface area (Å²) in [6, 6.07) is 5.38. The summed E-state index contributed by atoms with van der Waals surface area (Å²) in [6.45, 7) is 3.09. The van der Waals surface area contributed by atoms with Gasteiger partial charge in [0.15, 0.2) is 0 Å². The molecule has 1 aromatic rings. The zero-order valence-corrected chi connectivity index (χ0v) is 8.47. The van der Waals surface area contributed by atoms with Crippen LogP contribution in [-0.4, -0.2) is 16.9 Å². The fraction of sp³-hybridized carbons (Fsp3) is 0.300. The van der Waals surface area contributed by atoms with E-state index < -0.39 is 16.9 Å². The summed E-state index contributed by atoms with van der Waals surface area (Å²) in [4.78, 5) is 20.8. The summed E-state index contributed by atoms with van der Waals surface area (Å²) >= 11 is 0. The van der Waals surface area contributed by atoms with Gasteiger partial charge in [-0.3, -0.25) is 10.1 Å². The van der Waals surface area contributed by atoms with Crippen molar-refractivity contribution in [1.29, 1.82) is 0 Å². The fourth-order valence-electron chi connectivity index (χ4n) is 0.894. The Morgan fingerprint density at radius 3 is 2.40 bits per heavy atom. The Bertz CT molecular complexity index is 372. The van der Waals surface area contributed by atoms with Crippen molar-refractivity contribution >= 4 is 5.97 Å². The van der Waals surface area contributed by atoms with E-state index >= 15 is 0 Å². The third-order valence-electron chi connectivity index (χ3n) is 1.90. The van der Waals surface area contributed by atoms with Crippen molar-refractivity contribution in [3.63, 3.8) is 0 Å². The largest absolute Gasteiger partial charge is 0.421 e. The Morgan fingerprint density at radius 1 is 1.40 bits per heavy atom. The van der Waals surface area contributed by atoms with Crippen molar-refractivity contribution in [1.82, 2.24) is 0 Å². The van der Waals surface area contributed by atoms with Crippen LogP contribution in [0.2, 0.25) is 0 Å². The second kappa shape index (κ2) is 4.54. The molecule has 0 spiro atoms. The standard InChI is InChI=1S/C10H11NO4/c1-7-3-5-9(6-4-7)15-10(12)8(2)11(13)14/h3-6,8H,1-2H3. The maximum absolute atomic E-state index is 11.2. The summed E-state index contributed by atoms with van der Waals surface area (Å²) in [6.07, 6.45) is 0. The molecule has 5 heteroatoms. The van der Waals surface area contributed by atoms with Gasteiger partial charge in [-0.05, 0) is 19.1 Å². The van der Waals surface area contributed by atoms with Crippen molar-refractivity contribution in [2.24, 2.45) is 0 Å². The van der Waals surface area contributed by atoms with Crippen LogP contribution < -0.4 is 4.74 Å². The Morgan fingerprint density at radius 2 is 1.93 bits per heavy atom. The second-order valence-corrected chi connectivity index (χ2v) is 3.20. The molecule has 0 fully saturated rings. The molecular formula is C10H11NO4. The SMILES string of the molecule is Cc1ccc(OC(=O)C(C)[N+](=O)[O-])cc1. The molecule has 80 valence electrons. The van der Waals surface area contributed by atoms with Crippen LogP contribution in [0.3, 0.4) is 0 Å². The number of carbonyl (C=O) groups is 1. The second-order valence-electron chi connectivity index (χ2n) is 3.20. The Labute approximate surface area is 86.8 Å². The molecular weight excluding hydrogens is 198 g/mol. The molecule has 0 bridgehead atoms. The number of nitro groups is 1. The lowest BCUT2D eigenvalue weighted by molar-refractivity contribution is -0.505. The number of hydrogen-bond donors (Lipinski definition) is 0. The predicted molar refractivity (Wildman–Crippen MR) is 53.3 cm³/mol. The van der Waals surface area contributed by atoms with E-state index in [1.54, 1.807) is 24.3 Å². The van der Waals surface area contributed by atoms with E-state index in [0.29, 0.717) is 5.75 Å². The first-order chi connectivity index (χ1) is 7.00. The molecule has 0 aliphatic carbocycles. The van der Waals surface area contributed by atoms with Crippen LogP contribution in [-0.2, 0) is 4.79 Å². The quantitative estimate of drug-likeness (QED) is 0.328. The number of esters is 1. The Hall–Kier alpha value is -1.91. The van der Waals surface area contributed by atoms with Crippen LogP contribution in [0.1, 0.15) is 12.5 Å². The number of benzene rings is 1. The van der Waals surface area contributed by atoms with Gasteiger partial charge in [-0.1, -0.05) is 17.7 Å². The van der Waals surface area contributed by atoms with Gasteiger partial charge in [0, 0.05) is 11.8 Å². The van der Waals surface area contributed by atoms with E-state index in [1.165, 1.54) is 6.92 Å². The summed E-state index contributed by atoms with van der Waals surface area (Å²) in [5.74, 6) is -0.539. The van der Waals surface area contributed by atoms with Crippen molar-refractivity contribution in [3.05, 3.63) is 39.9 Å². The van der Waals surface area contributed by atoms with E-state index in [1.807, 2.05) is 6.92 Å². The van der Waals surface area contributed by atoms with Gasteiger partial charge in [-0.15, -0.1) is 0 Å². The monoisotopic (exact) mass is 209 g/mol. The fourth-order valence-corrected chi connectivity index (χ4v) is 0.894. The van der Waals surface area contributed by atoms with Gasteiger partial charge in [-0.2, -0.15) is 0 Å². The number of ether oxygens (including phenoxy) is 1. The van der Waals surface area contributed by atoms with Crippen molar-refractivity contribution in [2.75, 3.05) is 0 Å². The van der Waals surface area contributed by atoms with Gasteiger partial charge in [0.05, 0.1) is 0 Å². The molecule has 0 amide bonds. The molecule has 0 radical (unpaired) electrons. The third kappa shape index (κ3) is 3.05. The molecule has 0 saturated carbocycles. The number of hydrogen-bond acceptors (Lipinski definition) is 4. The number of nitrogens with zero attached hydrogens (tertiary/aromatic N) is 1. The highest BCUT2D eigenvalue weighted by Crippen LogP contribution is 2.12. The lowest BCUT2D eigenvalue weighted by Crippen LogP contribution is -2.30. The van der Waals surface area contributed by atoms with Crippen LogP contribution in [0, 0.1) is 17.0 Å². The third-order valence-corrected chi connectivity index (χ3v) is 1.90. The average Bonchev–Trinajstić information content (AvgIpc) is 2.20. The van der Waals surface area contributed by atoms with Gasteiger partial charge >= 0.3 is 12.0 Å². The average molecular weight is 209 g/mol. The Kier molecular flexibility index (Phi) is 3.38. The van der Waals surface area contributed by atoms with E-state index in [4.69, 9.17) is 4.74 Å². The molecule has 0 aliphatic rings. The predicted octanol–water partition coefficient (Wildman–Crippen LogP) is 1.57. The highest BCUT2D eigenvalue weighted by Gasteiger charge is 2.25. The van der Waals surface area contributed by atoms with E-state index in [2.05, 4.69) is 0 Å². The molecule has 0 N–H and O–H groups in total. The van der Waals surface area contributed by atoms with Crippen molar-refractivity contribution in [3.8, 4) is 5.75 Å². The van der Waals surface area contributed by atoms with E-state index in [9.17, 15) is 14.9 Å². The zero-order chi connectivity index (χ0) is 11.4. The lowest BCUT2D eigenvalue weighted by atomic mass is 10.2. The van der Waals surface area contributed by atoms with E-state index in [-0.39, 0.29) is 0 Å². The summed E-state index contributed by atoms with van der Waals surface area (Å²) < 4.78 is 4.81. The zero-order valence-electron chi connectivity index (χ0n) is 8.47. The summed E-state index contributed by atoms with van der Waals surface area (Å²) in [5, 5.41) is 10.3. The first kappa shape index (κ1) is 11.2. The first-order valence-electron chi connectivity index (χ1n) is 4.42. The number of carbonyl (C=O) groups excluding carboxylic acids is 1. The minimum Gasteiger partial charge on any atom is -0.421 e. The van der Waals surface area contributed by atoms with E-state index in [0.717, 1.165) is 5.56 Å². The highest BCUT2D eigenvalue weighted by atomic mass is 16.6. The summed E-state index contributed by atoms with van der Waals surface area (Å²) in [7, 11) is 0. The molecule has 0 heterocycles. The number of aryl methyl sites for hydroxylation is 1. The van der Waals surface area contributed by atoms with Gasteiger partial charge < -0.3 is 4.74 Å². The topological polar surface area (TPSA) is 69.4 Å². The van der Waals surface area contributed by atoms with Crippen molar-refractivity contribution < 1.29 is 14.5 Å².